The molecule has 1 aliphatic heterocycles. The number of ether oxygens (including phenoxy) is 1. The van der Waals surface area contributed by atoms with E-state index in [0.717, 1.165) is 24.0 Å². The highest BCUT2D eigenvalue weighted by Gasteiger charge is 2.18. The molecule has 0 aliphatic carbocycles. The van der Waals surface area contributed by atoms with Gasteiger partial charge in [0.25, 0.3) is 0 Å². The van der Waals surface area contributed by atoms with Crippen molar-refractivity contribution in [3.63, 3.8) is 0 Å². The molecule has 1 aromatic carbocycles. The second kappa shape index (κ2) is 5.03. The first kappa shape index (κ1) is 12.2. The van der Waals surface area contributed by atoms with Crippen molar-refractivity contribution < 1.29 is 14.6 Å². The fourth-order valence-electron chi connectivity index (χ4n) is 2.47. The topological polar surface area (TPSA) is 59.6 Å². The highest BCUT2D eigenvalue weighted by atomic mass is 16.5. The minimum absolute atomic E-state index is 0.0557. The molecule has 0 unspecified atom stereocenters. The van der Waals surface area contributed by atoms with Crippen LogP contribution < -0.4 is 4.73 Å². The Balaban J connectivity index is 2.01. The Bertz CT molecular complexity index is 595. The minimum Gasteiger partial charge on any atom is -0.618 e. The number of hydrogen-bond acceptors (Lipinski definition) is 4. The lowest BCUT2D eigenvalue weighted by Crippen LogP contribution is -2.36. The lowest BCUT2D eigenvalue weighted by Gasteiger charge is -2.27. The van der Waals surface area contributed by atoms with Gasteiger partial charge in [-0.3, -0.25) is 4.90 Å². The Morgan fingerprint density at radius 3 is 2.79 bits per heavy atom. The molecule has 5 nitrogen and oxygen atoms in total. The molecule has 2 heterocycles. The van der Waals surface area contributed by atoms with Crippen molar-refractivity contribution in [2.45, 2.75) is 6.54 Å². The van der Waals surface area contributed by atoms with Crippen LogP contribution in [0, 0.1) is 5.21 Å². The molecule has 0 spiro atoms. The number of morpholine rings is 1. The van der Waals surface area contributed by atoms with Gasteiger partial charge in [0.2, 0.25) is 11.7 Å². The summed E-state index contributed by atoms with van der Waals surface area (Å²) >= 11 is 0. The van der Waals surface area contributed by atoms with Gasteiger partial charge in [-0.2, -0.15) is 4.73 Å². The smallest absolute Gasteiger partial charge is 0.224 e. The summed E-state index contributed by atoms with van der Waals surface area (Å²) in [6, 6.07) is 7.35. The van der Waals surface area contributed by atoms with Crippen LogP contribution in [0.25, 0.3) is 10.9 Å². The molecule has 1 N–H and O–H groups in total. The van der Waals surface area contributed by atoms with Crippen molar-refractivity contribution in [1.29, 1.82) is 0 Å². The van der Waals surface area contributed by atoms with E-state index in [1.807, 2.05) is 18.2 Å². The highest BCUT2D eigenvalue weighted by molar-refractivity contribution is 5.81. The summed E-state index contributed by atoms with van der Waals surface area (Å²) in [5.74, 6) is 0.0557. The van der Waals surface area contributed by atoms with E-state index in [1.165, 1.54) is 6.20 Å². The van der Waals surface area contributed by atoms with Crippen molar-refractivity contribution in [2.75, 3.05) is 26.3 Å². The molecule has 5 heteroatoms. The summed E-state index contributed by atoms with van der Waals surface area (Å²) in [5.41, 5.74) is 1.40. The van der Waals surface area contributed by atoms with Crippen molar-refractivity contribution >= 4 is 10.9 Å². The van der Waals surface area contributed by atoms with Crippen molar-refractivity contribution in [2.24, 2.45) is 0 Å². The van der Waals surface area contributed by atoms with Crippen LogP contribution in [0.15, 0.2) is 30.5 Å². The van der Waals surface area contributed by atoms with Gasteiger partial charge in [-0.25, -0.2) is 0 Å². The van der Waals surface area contributed by atoms with E-state index < -0.39 is 0 Å². The average molecular weight is 260 g/mol. The van der Waals surface area contributed by atoms with E-state index >= 15 is 0 Å². The predicted molar refractivity (Wildman–Crippen MR) is 70.7 cm³/mol. The van der Waals surface area contributed by atoms with E-state index in [2.05, 4.69) is 4.90 Å². The maximum atomic E-state index is 11.8. The average Bonchev–Trinajstić information content (AvgIpc) is 2.45. The molecule has 0 bridgehead atoms. The van der Waals surface area contributed by atoms with Crippen LogP contribution in [-0.4, -0.2) is 36.3 Å². The first-order valence-corrected chi connectivity index (χ1v) is 6.38. The monoisotopic (exact) mass is 260 g/mol. The molecule has 0 amide bonds. The van der Waals surface area contributed by atoms with Crippen LogP contribution in [0.2, 0.25) is 0 Å². The molecular formula is C14H16N2O3. The zero-order valence-electron chi connectivity index (χ0n) is 10.6. The zero-order chi connectivity index (χ0) is 13.2. The summed E-state index contributed by atoms with van der Waals surface area (Å²) in [7, 11) is 0. The Morgan fingerprint density at radius 2 is 2.00 bits per heavy atom. The number of aromatic nitrogens is 1. The van der Waals surface area contributed by atoms with Crippen molar-refractivity contribution in [3.8, 4) is 5.75 Å². The maximum absolute atomic E-state index is 11.8. The number of pyridine rings is 1. The molecule has 0 radical (unpaired) electrons. The van der Waals surface area contributed by atoms with Gasteiger partial charge in [0.1, 0.15) is 0 Å². The van der Waals surface area contributed by atoms with Gasteiger partial charge in [0, 0.05) is 31.3 Å². The van der Waals surface area contributed by atoms with Gasteiger partial charge >= 0.3 is 0 Å². The quantitative estimate of drug-likeness (QED) is 0.646. The number of rotatable bonds is 2. The van der Waals surface area contributed by atoms with E-state index in [9.17, 15) is 10.3 Å². The van der Waals surface area contributed by atoms with Crippen LogP contribution >= 0.6 is 0 Å². The Kier molecular flexibility index (Phi) is 3.23. The van der Waals surface area contributed by atoms with E-state index in [4.69, 9.17) is 4.74 Å². The number of benzene rings is 1. The minimum atomic E-state index is 0.0557. The Morgan fingerprint density at radius 1 is 1.26 bits per heavy atom. The third-order valence-electron chi connectivity index (χ3n) is 3.50. The third-order valence-corrected chi connectivity index (χ3v) is 3.50. The maximum Gasteiger partial charge on any atom is 0.224 e. The molecule has 1 saturated heterocycles. The van der Waals surface area contributed by atoms with Gasteiger partial charge in [-0.15, -0.1) is 0 Å². The summed E-state index contributed by atoms with van der Waals surface area (Å²) in [6.07, 6.45) is 1.23. The summed E-state index contributed by atoms with van der Waals surface area (Å²) in [4.78, 5) is 2.22. The van der Waals surface area contributed by atoms with Crippen LogP contribution in [0.1, 0.15) is 5.56 Å². The molecule has 0 saturated carbocycles. The molecule has 1 aliphatic rings. The fraction of sp³-hybridized carbons (Fsp3) is 0.357. The van der Waals surface area contributed by atoms with Gasteiger partial charge in [0.15, 0.2) is 5.75 Å². The summed E-state index contributed by atoms with van der Waals surface area (Å²) in [6.45, 7) is 3.76. The molecule has 2 aromatic rings. The third kappa shape index (κ3) is 2.34. The number of para-hydroxylation sites is 1. The standard InChI is InChI=1S/C14H16N2O3/c17-14-10-16(18)13-4-2-1-3-11(13)12(14)9-15-5-7-19-8-6-15/h1-4,10,17H,5-9H2. The zero-order valence-corrected chi connectivity index (χ0v) is 10.6. The van der Waals surface area contributed by atoms with Crippen LogP contribution in [-0.2, 0) is 11.3 Å². The lowest BCUT2D eigenvalue weighted by molar-refractivity contribution is -0.577. The fourth-order valence-corrected chi connectivity index (χ4v) is 2.47. The number of fused-ring (bicyclic) bond motifs is 1. The van der Waals surface area contributed by atoms with E-state index in [1.54, 1.807) is 6.07 Å². The van der Waals surface area contributed by atoms with Gasteiger partial charge in [-0.05, 0) is 6.07 Å². The van der Waals surface area contributed by atoms with Crippen LogP contribution in [0.3, 0.4) is 0 Å². The van der Waals surface area contributed by atoms with Crippen LogP contribution in [0.5, 0.6) is 5.75 Å². The summed E-state index contributed by atoms with van der Waals surface area (Å²) < 4.78 is 6.03. The van der Waals surface area contributed by atoms with Crippen LogP contribution in [0.4, 0.5) is 0 Å². The first-order valence-electron chi connectivity index (χ1n) is 6.38. The molecule has 1 aromatic heterocycles. The Labute approximate surface area is 111 Å². The van der Waals surface area contributed by atoms with E-state index in [0.29, 0.717) is 30.0 Å². The van der Waals surface area contributed by atoms with Gasteiger partial charge in [0.05, 0.1) is 18.6 Å². The number of hydrogen-bond donors (Lipinski definition) is 1. The Hall–Kier alpha value is -1.85. The number of nitrogens with zero attached hydrogens (tertiary/aromatic N) is 2. The van der Waals surface area contributed by atoms with Crippen molar-refractivity contribution in [3.05, 3.63) is 41.2 Å². The molecule has 3 rings (SSSR count). The molecule has 19 heavy (non-hydrogen) atoms. The summed E-state index contributed by atoms with van der Waals surface area (Å²) in [5, 5.41) is 22.6. The first-order chi connectivity index (χ1) is 9.25. The highest BCUT2D eigenvalue weighted by Crippen LogP contribution is 2.25. The predicted octanol–water partition coefficient (Wildman–Crippen LogP) is 1.01. The van der Waals surface area contributed by atoms with E-state index in [-0.39, 0.29) is 5.75 Å². The normalized spacial score (nSPS) is 16.8. The van der Waals surface area contributed by atoms with Gasteiger partial charge < -0.3 is 15.1 Å². The lowest BCUT2D eigenvalue weighted by atomic mass is 10.1. The largest absolute Gasteiger partial charge is 0.618 e. The molecule has 0 atom stereocenters. The second-order valence-electron chi connectivity index (χ2n) is 4.72. The molecular weight excluding hydrogens is 244 g/mol. The number of aromatic hydroxyl groups is 1. The van der Waals surface area contributed by atoms with Gasteiger partial charge in [-0.1, -0.05) is 12.1 Å². The molecule has 100 valence electrons. The van der Waals surface area contributed by atoms with Crippen molar-refractivity contribution in [1.82, 2.24) is 4.90 Å². The molecule has 1 fully saturated rings. The second-order valence-corrected chi connectivity index (χ2v) is 4.72. The SMILES string of the molecule is [O-][n+]1cc(O)c(CN2CCOCC2)c2ccccc21.